The molecule has 43 heavy (non-hydrogen) atoms. The molecular weight excluding hydrogens is 536 g/mol. The second-order valence-corrected chi connectivity index (χ2v) is 13.7. The van der Waals surface area contributed by atoms with Crippen molar-refractivity contribution in [1.29, 1.82) is 0 Å². The number of hydrogen-bond acceptors (Lipinski definition) is 4. The van der Waals surface area contributed by atoms with Crippen LogP contribution in [0.2, 0.25) is 0 Å². The minimum absolute atomic E-state index is 0.256. The molecule has 0 aliphatic rings. The van der Waals surface area contributed by atoms with Crippen molar-refractivity contribution in [1.82, 2.24) is 0 Å². The number of aliphatic hydroxyl groups is 1. The lowest BCUT2D eigenvalue weighted by Gasteiger charge is -2.30. The fourth-order valence-corrected chi connectivity index (χ4v) is 6.64. The molecular formula is C38H74O5. The molecule has 0 aromatic carbocycles. The number of rotatable bonds is 33. The number of carbonyl (C=O) groups excluding carboxylic acids is 1. The number of unbranched alkanes of at least 4 members (excludes halogenated alkanes) is 20. The van der Waals surface area contributed by atoms with E-state index in [4.69, 9.17) is 9.84 Å². The highest BCUT2D eigenvalue weighted by Gasteiger charge is 2.23. The minimum atomic E-state index is -1.56. The van der Waals surface area contributed by atoms with Crippen molar-refractivity contribution < 1.29 is 24.5 Å². The van der Waals surface area contributed by atoms with Gasteiger partial charge in [0.25, 0.3) is 0 Å². The molecule has 0 rings (SSSR count). The summed E-state index contributed by atoms with van der Waals surface area (Å²) in [5.74, 6) is 0.618. The van der Waals surface area contributed by atoms with Crippen LogP contribution >= 0.6 is 0 Å². The Morgan fingerprint density at radius 1 is 0.535 bits per heavy atom. The summed E-state index contributed by atoms with van der Waals surface area (Å²) in [6.45, 7) is 9.99. The molecule has 0 saturated heterocycles. The van der Waals surface area contributed by atoms with E-state index < -0.39 is 24.5 Å². The second-order valence-electron chi connectivity index (χ2n) is 13.7. The van der Waals surface area contributed by atoms with Crippen molar-refractivity contribution in [3.63, 3.8) is 0 Å². The number of carboxylic acids is 1. The van der Waals surface area contributed by atoms with Gasteiger partial charge in [-0.05, 0) is 30.6 Å². The van der Waals surface area contributed by atoms with E-state index in [9.17, 15) is 14.7 Å². The summed E-state index contributed by atoms with van der Waals surface area (Å²) >= 11 is 0. The van der Waals surface area contributed by atoms with E-state index in [0.717, 1.165) is 37.0 Å². The summed E-state index contributed by atoms with van der Waals surface area (Å²) in [5, 5.41) is 18.0. The molecule has 0 aliphatic carbocycles. The van der Waals surface area contributed by atoms with Gasteiger partial charge in [-0.15, -0.1) is 0 Å². The predicted molar refractivity (Wildman–Crippen MR) is 182 cm³/mol. The molecule has 3 atom stereocenters. The molecule has 0 amide bonds. The molecule has 0 heterocycles. The van der Waals surface area contributed by atoms with E-state index in [0.29, 0.717) is 0 Å². The normalized spacial score (nSPS) is 14.3. The first-order valence-electron chi connectivity index (χ1n) is 18.9. The Hall–Kier alpha value is -1.10. The van der Waals surface area contributed by atoms with Gasteiger partial charge in [-0.1, -0.05) is 182 Å². The van der Waals surface area contributed by atoms with E-state index >= 15 is 0 Å². The van der Waals surface area contributed by atoms with Crippen LogP contribution in [0.15, 0.2) is 0 Å². The number of hydrogen-bond donors (Lipinski definition) is 2. The van der Waals surface area contributed by atoms with Crippen LogP contribution in [0.3, 0.4) is 0 Å². The molecule has 3 unspecified atom stereocenters. The number of esters is 1. The van der Waals surface area contributed by atoms with Gasteiger partial charge in [0.15, 0.2) is 6.10 Å². The molecule has 0 radical (unpaired) electrons. The van der Waals surface area contributed by atoms with Gasteiger partial charge in [-0.3, -0.25) is 4.79 Å². The highest BCUT2D eigenvalue weighted by Crippen LogP contribution is 2.33. The molecule has 0 bridgehead atoms. The summed E-state index contributed by atoms with van der Waals surface area (Å²) in [6, 6.07) is 0. The van der Waals surface area contributed by atoms with Crippen molar-refractivity contribution in [2.24, 2.45) is 17.8 Å². The van der Waals surface area contributed by atoms with Crippen LogP contribution in [0, 0.1) is 17.8 Å². The lowest BCUT2D eigenvalue weighted by molar-refractivity contribution is -0.158. The predicted octanol–water partition coefficient (Wildman–Crippen LogP) is 11.4. The topological polar surface area (TPSA) is 83.8 Å². The average molecular weight is 611 g/mol. The number of ether oxygens (including phenoxy) is 1. The molecule has 0 fully saturated rings. The summed E-state index contributed by atoms with van der Waals surface area (Å²) in [7, 11) is 0. The van der Waals surface area contributed by atoms with E-state index in [1.54, 1.807) is 0 Å². The first-order valence-corrected chi connectivity index (χ1v) is 18.9. The van der Waals surface area contributed by atoms with Crippen molar-refractivity contribution in [3.8, 4) is 0 Å². The first-order chi connectivity index (χ1) is 20.8. The third-order valence-corrected chi connectivity index (χ3v) is 9.55. The zero-order chi connectivity index (χ0) is 32.0. The highest BCUT2D eigenvalue weighted by molar-refractivity contribution is 5.80. The first kappa shape index (κ1) is 41.9. The molecule has 2 N–H and O–H groups in total. The standard InChI is InChI=1S/C38H74O5/c1-5-7-9-11-20-24-28-33(3)35(34(4)29-25-21-12-10-8-6-2)30-26-22-18-16-14-13-15-17-19-23-27-31-43-38(42)36(39)32-37(40)41/h33-36,39H,5-32H2,1-4H3,(H,40,41). The third kappa shape index (κ3) is 27.0. The highest BCUT2D eigenvalue weighted by atomic mass is 16.5. The Bertz CT molecular complexity index is 599. The SMILES string of the molecule is CCCCCCCCC(C)C(CCCCCCCCCCCCCOC(=O)C(O)CC(=O)O)C(C)CCCCCCCC. The van der Waals surface area contributed by atoms with Crippen molar-refractivity contribution in [3.05, 3.63) is 0 Å². The van der Waals surface area contributed by atoms with Crippen LogP contribution in [-0.4, -0.2) is 34.9 Å². The van der Waals surface area contributed by atoms with Crippen LogP contribution in [0.5, 0.6) is 0 Å². The second kappa shape index (κ2) is 30.9. The van der Waals surface area contributed by atoms with Gasteiger partial charge in [0, 0.05) is 0 Å². The van der Waals surface area contributed by atoms with E-state index in [1.165, 1.54) is 148 Å². The van der Waals surface area contributed by atoms with Gasteiger partial charge in [0.2, 0.25) is 0 Å². The van der Waals surface area contributed by atoms with Crippen LogP contribution in [0.1, 0.15) is 201 Å². The molecule has 0 spiro atoms. The molecule has 0 aromatic heterocycles. The van der Waals surface area contributed by atoms with E-state index in [-0.39, 0.29) is 6.61 Å². The lowest BCUT2D eigenvalue weighted by atomic mass is 9.75. The van der Waals surface area contributed by atoms with Crippen molar-refractivity contribution in [2.45, 2.75) is 207 Å². The minimum Gasteiger partial charge on any atom is -0.481 e. The molecule has 0 aliphatic heterocycles. The number of carboxylic acid groups (broad SMARTS) is 1. The zero-order valence-electron chi connectivity index (χ0n) is 29.2. The monoisotopic (exact) mass is 611 g/mol. The van der Waals surface area contributed by atoms with Gasteiger partial charge in [0.05, 0.1) is 13.0 Å². The fourth-order valence-electron chi connectivity index (χ4n) is 6.64. The maximum absolute atomic E-state index is 11.5. The molecule has 5 heteroatoms. The maximum Gasteiger partial charge on any atom is 0.335 e. The zero-order valence-corrected chi connectivity index (χ0v) is 29.2. The molecule has 0 saturated carbocycles. The summed E-state index contributed by atoms with van der Waals surface area (Å²) in [4.78, 5) is 22.0. The summed E-state index contributed by atoms with van der Waals surface area (Å²) < 4.78 is 4.95. The average Bonchev–Trinajstić information content (AvgIpc) is 2.98. The largest absolute Gasteiger partial charge is 0.481 e. The number of aliphatic hydroxyl groups excluding tert-OH is 1. The van der Waals surface area contributed by atoms with Crippen LogP contribution in [0.4, 0.5) is 0 Å². The molecule has 5 nitrogen and oxygen atoms in total. The van der Waals surface area contributed by atoms with E-state index in [2.05, 4.69) is 27.7 Å². The van der Waals surface area contributed by atoms with Crippen LogP contribution in [0.25, 0.3) is 0 Å². The van der Waals surface area contributed by atoms with Gasteiger partial charge >= 0.3 is 11.9 Å². The van der Waals surface area contributed by atoms with Crippen molar-refractivity contribution in [2.75, 3.05) is 6.61 Å². The van der Waals surface area contributed by atoms with E-state index in [1.807, 2.05) is 0 Å². The van der Waals surface area contributed by atoms with Crippen LogP contribution < -0.4 is 0 Å². The third-order valence-electron chi connectivity index (χ3n) is 9.55. The van der Waals surface area contributed by atoms with Gasteiger partial charge in [-0.25, -0.2) is 4.79 Å². The number of carbonyl (C=O) groups is 2. The Balaban J connectivity index is 4.02. The summed E-state index contributed by atoms with van der Waals surface area (Å²) in [6.07, 6.45) is 32.6. The lowest BCUT2D eigenvalue weighted by Crippen LogP contribution is -2.26. The van der Waals surface area contributed by atoms with Gasteiger partial charge < -0.3 is 14.9 Å². The fraction of sp³-hybridized carbons (Fsp3) is 0.947. The Morgan fingerprint density at radius 2 is 0.884 bits per heavy atom. The maximum atomic E-state index is 11.5. The Labute approximate surface area is 267 Å². The Morgan fingerprint density at radius 3 is 1.28 bits per heavy atom. The molecule has 0 aromatic rings. The van der Waals surface area contributed by atoms with Gasteiger partial charge in [-0.2, -0.15) is 0 Å². The van der Waals surface area contributed by atoms with Gasteiger partial charge in [0.1, 0.15) is 0 Å². The molecule has 256 valence electrons. The van der Waals surface area contributed by atoms with Crippen LogP contribution in [-0.2, 0) is 14.3 Å². The summed E-state index contributed by atoms with van der Waals surface area (Å²) in [5.41, 5.74) is 0. The van der Waals surface area contributed by atoms with Crippen molar-refractivity contribution >= 4 is 11.9 Å². The number of aliphatic carboxylic acids is 1. The Kier molecular flexibility index (Phi) is 30.1. The quantitative estimate of drug-likeness (QED) is 0.0570. The smallest absolute Gasteiger partial charge is 0.335 e.